The third-order valence-corrected chi connectivity index (χ3v) is 14.0. The van der Waals surface area contributed by atoms with E-state index in [0.717, 1.165) is 36.0 Å². The normalized spacial score (nSPS) is 41.0. The summed E-state index contributed by atoms with van der Waals surface area (Å²) < 4.78 is 6.60. The van der Waals surface area contributed by atoms with Crippen molar-refractivity contribution in [1.82, 2.24) is 0 Å². The molecule has 7 unspecified atom stereocenters. The molecule has 0 radical (unpaired) electrons. The maximum absolute atomic E-state index is 12.8. The molecular weight excluding hydrogens is 483 g/mol. The first-order valence-corrected chi connectivity index (χ1v) is 16.0. The number of rotatable bonds is 6. The summed E-state index contributed by atoms with van der Waals surface area (Å²) in [5.41, 5.74) is 1.10. The Kier molecular flexibility index (Phi) is 7.27. The predicted molar refractivity (Wildman–Crippen MR) is 141 cm³/mol. The molecule has 3 heteroatoms. The molecule has 188 valence electrons. The van der Waals surface area contributed by atoms with Gasteiger partial charge in [0.05, 0.1) is 0 Å². The summed E-state index contributed by atoms with van der Waals surface area (Å²) in [6.45, 7) is 7.81. The van der Waals surface area contributed by atoms with Gasteiger partial charge in [0.15, 0.2) is 0 Å². The van der Waals surface area contributed by atoms with Crippen LogP contribution in [0, 0.1) is 46.3 Å². The first-order chi connectivity index (χ1) is 16.4. The number of methoxy groups -OCH3 is 1. The monoisotopic (exact) mass is 530 g/mol. The molecule has 0 aromatic heterocycles. The second-order valence-electron chi connectivity index (χ2n) is 12.8. The molecule has 9 atom stereocenters. The van der Waals surface area contributed by atoms with Crippen molar-refractivity contribution in [2.24, 2.45) is 46.3 Å². The number of ether oxygens (including phenoxy) is 1. The molecule has 0 aliphatic heterocycles. The van der Waals surface area contributed by atoms with Gasteiger partial charge in [0, 0.05) is 0 Å². The van der Waals surface area contributed by atoms with Gasteiger partial charge >= 0.3 is 215 Å². The van der Waals surface area contributed by atoms with Crippen LogP contribution in [0.15, 0.2) is 30.3 Å². The van der Waals surface area contributed by atoms with Crippen molar-refractivity contribution in [3.8, 4) is 0 Å². The van der Waals surface area contributed by atoms with E-state index in [1.165, 1.54) is 68.7 Å². The molecule has 1 aromatic rings. The second kappa shape index (κ2) is 9.93. The molecular formula is C31H46O2Se. The van der Waals surface area contributed by atoms with Crippen LogP contribution < -0.4 is 4.46 Å². The zero-order valence-corrected chi connectivity index (χ0v) is 23.6. The number of esters is 1. The van der Waals surface area contributed by atoms with E-state index in [0.29, 0.717) is 16.7 Å². The Labute approximate surface area is 214 Å². The van der Waals surface area contributed by atoms with Crippen LogP contribution >= 0.6 is 0 Å². The van der Waals surface area contributed by atoms with Gasteiger partial charge in [0.1, 0.15) is 0 Å². The summed E-state index contributed by atoms with van der Waals surface area (Å²) in [6, 6.07) is 10.6. The van der Waals surface area contributed by atoms with Crippen molar-refractivity contribution in [3.05, 3.63) is 30.3 Å². The Morgan fingerprint density at radius 2 is 1.74 bits per heavy atom. The average molecular weight is 530 g/mol. The van der Waals surface area contributed by atoms with Gasteiger partial charge in [-0.05, 0) is 0 Å². The van der Waals surface area contributed by atoms with E-state index < -0.39 is 0 Å². The number of benzene rings is 1. The van der Waals surface area contributed by atoms with Gasteiger partial charge in [-0.1, -0.05) is 0 Å². The van der Waals surface area contributed by atoms with Crippen molar-refractivity contribution >= 4 is 25.4 Å². The molecule has 0 spiro atoms. The third kappa shape index (κ3) is 4.32. The van der Waals surface area contributed by atoms with E-state index in [1.54, 1.807) is 7.11 Å². The van der Waals surface area contributed by atoms with Crippen LogP contribution in [0.3, 0.4) is 0 Å². The van der Waals surface area contributed by atoms with E-state index in [2.05, 4.69) is 51.1 Å². The van der Waals surface area contributed by atoms with Crippen LogP contribution in [-0.2, 0) is 9.53 Å². The van der Waals surface area contributed by atoms with E-state index in [-0.39, 0.29) is 25.7 Å². The summed E-state index contributed by atoms with van der Waals surface area (Å²) in [5, 5.41) is 0. The molecule has 0 N–H and O–H groups in total. The molecule has 0 bridgehead atoms. The van der Waals surface area contributed by atoms with Gasteiger partial charge in [-0.2, -0.15) is 0 Å². The molecule has 0 amide bonds. The Morgan fingerprint density at radius 3 is 2.50 bits per heavy atom. The molecule has 2 nitrogen and oxygen atoms in total. The average Bonchev–Trinajstić information content (AvgIpc) is 3.20. The van der Waals surface area contributed by atoms with Crippen molar-refractivity contribution in [2.45, 2.75) is 96.2 Å². The summed E-state index contributed by atoms with van der Waals surface area (Å²) >= 11 is 0.132. The standard InChI is InChI=1S/C31H46O2Se/c1-21(20-28(29(32)33-4)34-23-11-6-5-7-12-23)25-15-16-26-24-14-13-22-10-8-9-18-30(22,2)27(24)17-19-31(25,26)3/h5-7,11-12,21-22,24-28H,8-10,13-20H2,1-4H3/t21-,22?,24?,25?,26?,27?,28?,30?,31-/m1/s1. The van der Waals surface area contributed by atoms with E-state index in [4.69, 9.17) is 4.74 Å². The van der Waals surface area contributed by atoms with E-state index in [9.17, 15) is 4.79 Å². The number of hydrogen-bond acceptors (Lipinski definition) is 2. The van der Waals surface area contributed by atoms with Crippen molar-refractivity contribution in [3.63, 3.8) is 0 Å². The van der Waals surface area contributed by atoms with Crippen LogP contribution in [0.5, 0.6) is 0 Å². The predicted octanol–water partition coefficient (Wildman–Crippen LogP) is 7.05. The number of carbonyl (C=O) groups excluding carboxylic acids is 1. The number of hydrogen-bond donors (Lipinski definition) is 0. The van der Waals surface area contributed by atoms with Crippen LogP contribution in [-0.4, -0.2) is 28.0 Å². The zero-order chi connectivity index (χ0) is 23.9. The second-order valence-corrected chi connectivity index (χ2v) is 15.5. The Bertz CT molecular complexity index is 854. The molecule has 34 heavy (non-hydrogen) atoms. The molecule has 5 rings (SSSR count). The van der Waals surface area contributed by atoms with Gasteiger partial charge in [-0.3, -0.25) is 0 Å². The van der Waals surface area contributed by atoms with Crippen molar-refractivity contribution in [2.75, 3.05) is 7.11 Å². The van der Waals surface area contributed by atoms with Crippen LogP contribution in [0.25, 0.3) is 0 Å². The maximum atomic E-state index is 12.8. The molecule has 0 saturated heterocycles. The summed E-state index contributed by atoms with van der Waals surface area (Å²) in [5.74, 6) is 5.20. The van der Waals surface area contributed by atoms with E-state index >= 15 is 0 Å². The van der Waals surface area contributed by atoms with Gasteiger partial charge in [-0.15, -0.1) is 0 Å². The first kappa shape index (κ1) is 24.9. The minimum atomic E-state index is 0.00246. The Hall–Kier alpha value is -0.791. The molecule has 4 aliphatic carbocycles. The van der Waals surface area contributed by atoms with Gasteiger partial charge in [0.25, 0.3) is 0 Å². The Morgan fingerprint density at radius 1 is 0.971 bits per heavy atom. The first-order valence-electron chi connectivity index (χ1n) is 14.2. The molecule has 1 aromatic carbocycles. The van der Waals surface area contributed by atoms with Gasteiger partial charge in [0.2, 0.25) is 0 Å². The minimum absolute atomic E-state index is 0.00246. The Balaban J connectivity index is 1.30. The zero-order valence-electron chi connectivity index (χ0n) is 21.9. The fourth-order valence-electron chi connectivity index (χ4n) is 9.76. The molecule has 4 aliphatic rings. The number of fused-ring (bicyclic) bond motifs is 5. The summed E-state index contributed by atoms with van der Waals surface area (Å²) in [7, 11) is 1.57. The van der Waals surface area contributed by atoms with Crippen LogP contribution in [0.1, 0.15) is 91.4 Å². The third-order valence-electron chi connectivity index (χ3n) is 11.4. The quantitative estimate of drug-likeness (QED) is 0.292. The number of carbonyl (C=O) groups is 1. The van der Waals surface area contributed by atoms with Gasteiger partial charge < -0.3 is 0 Å². The van der Waals surface area contributed by atoms with Crippen LogP contribution in [0.4, 0.5) is 0 Å². The van der Waals surface area contributed by atoms with E-state index in [1.807, 2.05) is 0 Å². The molecule has 4 saturated carbocycles. The van der Waals surface area contributed by atoms with Crippen molar-refractivity contribution in [1.29, 1.82) is 0 Å². The van der Waals surface area contributed by atoms with Gasteiger partial charge in [-0.25, -0.2) is 0 Å². The fraction of sp³-hybridized carbons (Fsp3) is 0.774. The topological polar surface area (TPSA) is 26.3 Å². The van der Waals surface area contributed by atoms with Crippen LogP contribution in [0.2, 0.25) is 4.82 Å². The SMILES string of the molecule is COC(=O)C(C[C@@H](C)C1CCC2C3CCC4CCCCC4(C)C3CC[C@@]21C)[Se]c1ccccc1. The molecule has 4 fully saturated rings. The van der Waals surface area contributed by atoms with Crippen molar-refractivity contribution < 1.29 is 9.53 Å². The summed E-state index contributed by atoms with van der Waals surface area (Å²) in [6.07, 6.45) is 15.6. The molecule has 0 heterocycles. The summed E-state index contributed by atoms with van der Waals surface area (Å²) in [4.78, 5) is 12.8. The fourth-order valence-corrected chi connectivity index (χ4v) is 12.4.